The summed E-state index contributed by atoms with van der Waals surface area (Å²) >= 11 is 9.74. The summed E-state index contributed by atoms with van der Waals surface area (Å²) in [6.07, 6.45) is 1.67. The fourth-order valence-corrected chi connectivity index (χ4v) is 5.12. The summed E-state index contributed by atoms with van der Waals surface area (Å²) in [5.41, 5.74) is 2.05. The molecule has 5 rings (SSSR count). The maximum atomic E-state index is 13.7. The van der Waals surface area contributed by atoms with E-state index in [0.717, 1.165) is 34.0 Å². The molecule has 2 aliphatic rings. The maximum absolute atomic E-state index is 13.7. The Balaban J connectivity index is 1.70. The molecule has 6 heteroatoms. The average molecular weight is 513 g/mol. The van der Waals surface area contributed by atoms with Crippen molar-refractivity contribution in [2.24, 2.45) is 5.92 Å². The quantitative estimate of drug-likeness (QED) is 0.439. The van der Waals surface area contributed by atoms with Crippen molar-refractivity contribution in [1.29, 1.82) is 0 Å². The fraction of sp³-hybridized carbons (Fsp3) is 0.269. The van der Waals surface area contributed by atoms with E-state index in [-0.39, 0.29) is 18.6 Å². The van der Waals surface area contributed by atoms with Crippen LogP contribution in [0.1, 0.15) is 39.9 Å². The molecule has 1 heterocycles. The Kier molecular flexibility index (Phi) is 5.84. The van der Waals surface area contributed by atoms with Gasteiger partial charge in [-0.2, -0.15) is 0 Å². The standard InChI is InChI=1S/C26H23BrClNO3/c27-20-5-3-4-17(14-20)15-29-25(31)22-6-1-2-7-23(22)26(29,19-10-12-21(28)13-11-19)32-24(16-30)18-8-9-18/h1-7,10-14,18,24,30H,8-9,15-16H2. The van der Waals surface area contributed by atoms with E-state index in [2.05, 4.69) is 15.9 Å². The number of amides is 1. The Labute approximate surface area is 200 Å². The zero-order valence-corrected chi connectivity index (χ0v) is 19.7. The number of rotatable bonds is 7. The first-order valence-corrected chi connectivity index (χ1v) is 11.9. The predicted molar refractivity (Wildman–Crippen MR) is 127 cm³/mol. The van der Waals surface area contributed by atoms with Crippen LogP contribution >= 0.6 is 27.5 Å². The normalized spacial score (nSPS) is 21.0. The zero-order valence-electron chi connectivity index (χ0n) is 17.4. The number of ether oxygens (including phenoxy) is 1. The van der Waals surface area contributed by atoms with Crippen molar-refractivity contribution >= 4 is 33.4 Å². The van der Waals surface area contributed by atoms with Crippen molar-refractivity contribution in [3.63, 3.8) is 0 Å². The van der Waals surface area contributed by atoms with Gasteiger partial charge in [0.25, 0.3) is 5.91 Å². The van der Waals surface area contributed by atoms with E-state index in [0.29, 0.717) is 23.0 Å². The largest absolute Gasteiger partial charge is 0.394 e. The highest BCUT2D eigenvalue weighted by molar-refractivity contribution is 9.10. The first-order chi connectivity index (χ1) is 15.5. The molecule has 1 N–H and O–H groups in total. The molecule has 1 aliphatic heterocycles. The number of nitrogens with zero attached hydrogens (tertiary/aromatic N) is 1. The summed E-state index contributed by atoms with van der Waals surface area (Å²) in [6.45, 7) is 0.263. The lowest BCUT2D eigenvalue weighted by molar-refractivity contribution is -0.164. The van der Waals surface area contributed by atoms with Gasteiger partial charge < -0.3 is 9.84 Å². The van der Waals surface area contributed by atoms with E-state index in [4.69, 9.17) is 16.3 Å². The number of hydrogen-bond acceptors (Lipinski definition) is 3. The molecule has 3 aromatic carbocycles. The van der Waals surface area contributed by atoms with Crippen LogP contribution in [0.15, 0.2) is 77.3 Å². The van der Waals surface area contributed by atoms with E-state index < -0.39 is 5.72 Å². The molecule has 0 radical (unpaired) electrons. The Morgan fingerprint density at radius 2 is 1.84 bits per heavy atom. The van der Waals surface area contributed by atoms with Crippen molar-refractivity contribution in [3.8, 4) is 0 Å². The van der Waals surface area contributed by atoms with Crippen molar-refractivity contribution < 1.29 is 14.6 Å². The van der Waals surface area contributed by atoms with Gasteiger partial charge in [-0.3, -0.25) is 9.69 Å². The lowest BCUT2D eigenvalue weighted by Gasteiger charge is -2.42. The number of halogens is 2. The van der Waals surface area contributed by atoms with Crippen LogP contribution in [0, 0.1) is 5.92 Å². The maximum Gasteiger partial charge on any atom is 0.257 e. The summed E-state index contributed by atoms with van der Waals surface area (Å²) < 4.78 is 7.76. The van der Waals surface area contributed by atoms with E-state index in [1.807, 2.05) is 72.8 Å². The minimum absolute atomic E-state index is 0.0944. The number of carbonyl (C=O) groups is 1. The van der Waals surface area contributed by atoms with Crippen LogP contribution in [0.2, 0.25) is 5.02 Å². The first-order valence-electron chi connectivity index (χ1n) is 10.7. The van der Waals surface area contributed by atoms with Crippen molar-refractivity contribution in [1.82, 2.24) is 4.90 Å². The highest BCUT2D eigenvalue weighted by atomic mass is 79.9. The van der Waals surface area contributed by atoms with Gasteiger partial charge in [0.05, 0.1) is 12.7 Å². The van der Waals surface area contributed by atoms with Crippen molar-refractivity contribution in [2.75, 3.05) is 6.61 Å². The molecule has 1 saturated carbocycles. The van der Waals surface area contributed by atoms with Crippen LogP contribution < -0.4 is 0 Å². The van der Waals surface area contributed by atoms with Gasteiger partial charge in [0.15, 0.2) is 5.72 Å². The van der Waals surface area contributed by atoms with Crippen LogP contribution in [0.4, 0.5) is 0 Å². The predicted octanol–water partition coefficient (Wildman–Crippen LogP) is 5.75. The average Bonchev–Trinajstić information content (AvgIpc) is 3.62. The third-order valence-electron chi connectivity index (χ3n) is 6.26. The number of hydrogen-bond donors (Lipinski definition) is 1. The van der Waals surface area contributed by atoms with Gasteiger partial charge in [0.1, 0.15) is 0 Å². The molecule has 32 heavy (non-hydrogen) atoms. The summed E-state index contributed by atoms with van der Waals surface area (Å²) in [6, 6.07) is 23.0. The highest BCUT2D eigenvalue weighted by Gasteiger charge is 2.54. The number of aliphatic hydroxyl groups excluding tert-OH is 1. The first kappa shape index (κ1) is 21.7. The molecule has 2 unspecified atom stereocenters. The molecule has 0 aromatic heterocycles. The van der Waals surface area contributed by atoms with Gasteiger partial charge in [-0.05, 0) is 54.7 Å². The van der Waals surface area contributed by atoms with Gasteiger partial charge in [0, 0.05) is 32.7 Å². The molecule has 3 aromatic rings. The third-order valence-corrected chi connectivity index (χ3v) is 7.01. The molecular formula is C26H23BrClNO3. The molecule has 0 bridgehead atoms. The van der Waals surface area contributed by atoms with E-state index in [1.54, 1.807) is 4.90 Å². The minimum Gasteiger partial charge on any atom is -0.394 e. The smallest absolute Gasteiger partial charge is 0.257 e. The molecule has 1 fully saturated rings. The topological polar surface area (TPSA) is 49.8 Å². The summed E-state index contributed by atoms with van der Waals surface area (Å²) in [7, 11) is 0. The van der Waals surface area contributed by atoms with Crippen LogP contribution in [-0.2, 0) is 17.0 Å². The molecule has 164 valence electrons. The Bertz CT molecular complexity index is 1150. The second-order valence-corrected chi connectivity index (χ2v) is 9.75. The number of fused-ring (bicyclic) bond motifs is 1. The van der Waals surface area contributed by atoms with E-state index in [9.17, 15) is 9.90 Å². The summed E-state index contributed by atoms with van der Waals surface area (Å²) in [5.74, 6) is 0.197. The van der Waals surface area contributed by atoms with Crippen molar-refractivity contribution in [2.45, 2.75) is 31.2 Å². The Morgan fingerprint density at radius 3 is 2.53 bits per heavy atom. The fourth-order valence-electron chi connectivity index (χ4n) is 4.55. The zero-order chi connectivity index (χ0) is 22.3. The van der Waals surface area contributed by atoms with Crippen LogP contribution in [0.25, 0.3) is 0 Å². The minimum atomic E-state index is -1.16. The molecule has 1 aliphatic carbocycles. The lowest BCUT2D eigenvalue weighted by Crippen LogP contribution is -2.49. The lowest BCUT2D eigenvalue weighted by atomic mass is 9.92. The summed E-state index contributed by atoms with van der Waals surface area (Å²) in [5, 5.41) is 10.8. The monoisotopic (exact) mass is 511 g/mol. The van der Waals surface area contributed by atoms with Gasteiger partial charge in [-0.1, -0.05) is 70.0 Å². The third kappa shape index (κ3) is 3.77. The Morgan fingerprint density at radius 1 is 1.09 bits per heavy atom. The van der Waals surface area contributed by atoms with Crippen LogP contribution in [0.5, 0.6) is 0 Å². The molecule has 1 amide bonds. The van der Waals surface area contributed by atoms with Crippen LogP contribution in [0.3, 0.4) is 0 Å². The van der Waals surface area contributed by atoms with Gasteiger partial charge in [0.2, 0.25) is 0 Å². The second kappa shape index (κ2) is 8.64. The molecule has 4 nitrogen and oxygen atoms in total. The summed E-state index contributed by atoms with van der Waals surface area (Å²) in [4.78, 5) is 15.5. The second-order valence-electron chi connectivity index (χ2n) is 8.39. The van der Waals surface area contributed by atoms with Gasteiger partial charge in [-0.25, -0.2) is 0 Å². The number of carbonyl (C=O) groups excluding carboxylic acids is 1. The number of aliphatic hydroxyl groups is 1. The van der Waals surface area contributed by atoms with Crippen LogP contribution in [-0.4, -0.2) is 28.6 Å². The SMILES string of the molecule is O=C1c2ccccc2C(OC(CO)C2CC2)(c2ccc(Cl)cc2)N1Cc1cccc(Br)c1. The molecular weight excluding hydrogens is 490 g/mol. The Hall–Kier alpha value is -2.18. The van der Waals surface area contributed by atoms with E-state index >= 15 is 0 Å². The molecule has 0 saturated heterocycles. The van der Waals surface area contributed by atoms with Gasteiger partial charge >= 0.3 is 0 Å². The van der Waals surface area contributed by atoms with Gasteiger partial charge in [-0.15, -0.1) is 0 Å². The van der Waals surface area contributed by atoms with E-state index in [1.165, 1.54) is 0 Å². The van der Waals surface area contributed by atoms with Crippen molar-refractivity contribution in [3.05, 3.63) is 105 Å². The molecule has 2 atom stereocenters. The number of benzene rings is 3. The highest BCUT2D eigenvalue weighted by Crippen LogP contribution is 2.49. The molecule has 0 spiro atoms.